The Hall–Kier alpha value is -3.33. The van der Waals surface area contributed by atoms with Crippen molar-refractivity contribution in [1.29, 1.82) is 0 Å². The molecule has 41 heavy (non-hydrogen) atoms. The van der Waals surface area contributed by atoms with Crippen molar-refractivity contribution in [1.82, 2.24) is 0 Å². The van der Waals surface area contributed by atoms with Gasteiger partial charge in [0, 0.05) is 11.8 Å². The van der Waals surface area contributed by atoms with E-state index >= 15 is 0 Å². The molecule has 0 amide bonds. The van der Waals surface area contributed by atoms with Gasteiger partial charge in [-0.2, -0.15) is 0 Å². The maximum Gasteiger partial charge on any atom is 0.310 e. The van der Waals surface area contributed by atoms with E-state index in [0.717, 1.165) is 0 Å². The van der Waals surface area contributed by atoms with Crippen LogP contribution in [0.5, 0.6) is 28.7 Å². The second-order valence-corrected chi connectivity index (χ2v) is 10.8. The molecule has 4 heterocycles. The Morgan fingerprint density at radius 2 is 1.68 bits per heavy atom. The van der Waals surface area contributed by atoms with Gasteiger partial charge in [0.05, 0.1) is 32.3 Å². The summed E-state index contributed by atoms with van der Waals surface area (Å²) in [6.45, 7) is 1.85. The predicted molar refractivity (Wildman–Crippen MR) is 133 cm³/mol. The SMILES string of the molecule is COc1cc([C@@H]2c3cc4c(cc3[C@H](O[C@@H]3O[C@@H]5CO[C@@H](C)O[C@H]5[C@H](O)[C@H]3O)[C@H]3COC(=O)[C@H]23)OCO4)cc(O)c1O. The highest BCUT2D eigenvalue weighted by Crippen LogP contribution is 2.57. The van der Waals surface area contributed by atoms with Crippen molar-refractivity contribution in [2.75, 3.05) is 27.1 Å². The highest BCUT2D eigenvalue weighted by Gasteiger charge is 2.56. The first kappa shape index (κ1) is 26.6. The lowest BCUT2D eigenvalue weighted by molar-refractivity contribution is -0.364. The van der Waals surface area contributed by atoms with Gasteiger partial charge >= 0.3 is 5.97 Å². The summed E-state index contributed by atoms with van der Waals surface area (Å²) in [7, 11) is 1.36. The third-order valence-corrected chi connectivity index (χ3v) is 8.54. The molecule has 1 aliphatic carbocycles. The van der Waals surface area contributed by atoms with Crippen LogP contribution in [0.3, 0.4) is 0 Å². The van der Waals surface area contributed by atoms with Crippen LogP contribution >= 0.6 is 0 Å². The average molecular weight is 575 g/mol. The minimum absolute atomic E-state index is 0.00920. The minimum Gasteiger partial charge on any atom is -0.504 e. The number of carbonyl (C=O) groups is 1. The summed E-state index contributed by atoms with van der Waals surface area (Å²) in [5.41, 5.74) is 1.76. The number of fused-ring (bicyclic) bond motifs is 4. The molecular weight excluding hydrogens is 544 g/mol. The zero-order chi connectivity index (χ0) is 28.6. The van der Waals surface area contributed by atoms with Crippen molar-refractivity contribution < 1.29 is 63.1 Å². The molecule has 7 rings (SSSR count). The molecule has 5 aliphatic rings. The molecule has 0 saturated carbocycles. The number of hydrogen-bond donors (Lipinski definition) is 4. The standard InChI is InChI=1S/C28H30O13/c1-10-35-8-19-26(39-10)23(31)24(32)28(40-19)41-25-13-6-17-16(37-9-38-17)5-12(13)20(21-14(25)7-36-27(21)33)11-3-15(29)22(30)18(4-11)34-2/h3-6,10,14,19-21,23-26,28-32H,7-9H2,1-2H3/t10-,14+,19-,20-,21+,23-,24-,25+,26-,28+/m1/s1. The van der Waals surface area contributed by atoms with Crippen LogP contribution in [0.2, 0.25) is 0 Å². The summed E-state index contributed by atoms with van der Waals surface area (Å²) in [6, 6.07) is 6.46. The number of aliphatic hydroxyl groups is 2. The molecule has 0 spiro atoms. The van der Waals surface area contributed by atoms with E-state index in [2.05, 4.69) is 0 Å². The fourth-order valence-electron chi connectivity index (χ4n) is 6.59. The fraction of sp³-hybridized carbons (Fsp3) is 0.536. The van der Waals surface area contributed by atoms with Crippen LogP contribution < -0.4 is 14.2 Å². The van der Waals surface area contributed by atoms with Crippen LogP contribution in [0.1, 0.15) is 35.6 Å². The number of aliphatic hydroxyl groups excluding tert-OH is 2. The number of cyclic esters (lactones) is 1. The number of phenolic OH excluding ortho intramolecular Hbond substituents is 2. The summed E-state index contributed by atoms with van der Waals surface area (Å²) < 4.78 is 45.7. The molecule has 13 heteroatoms. The maximum atomic E-state index is 13.3. The number of benzene rings is 2. The summed E-state index contributed by atoms with van der Waals surface area (Å²) in [4.78, 5) is 13.3. The number of esters is 1. The number of hydrogen-bond acceptors (Lipinski definition) is 13. The fourth-order valence-corrected chi connectivity index (χ4v) is 6.59. The lowest BCUT2D eigenvalue weighted by Gasteiger charge is -2.47. The minimum atomic E-state index is -1.45. The molecular formula is C28H30O13. The Kier molecular flexibility index (Phi) is 6.41. The molecule has 13 nitrogen and oxygen atoms in total. The molecule has 0 bridgehead atoms. The van der Waals surface area contributed by atoms with Crippen LogP contribution in [0.4, 0.5) is 0 Å². The van der Waals surface area contributed by atoms with Gasteiger partial charge in [-0.15, -0.1) is 0 Å². The van der Waals surface area contributed by atoms with E-state index in [-0.39, 0.29) is 25.8 Å². The van der Waals surface area contributed by atoms with E-state index in [9.17, 15) is 25.2 Å². The number of phenols is 2. The number of carbonyl (C=O) groups excluding carboxylic acids is 1. The summed E-state index contributed by atoms with van der Waals surface area (Å²) in [5, 5.41) is 42.6. The molecule has 220 valence electrons. The van der Waals surface area contributed by atoms with Gasteiger partial charge in [0.2, 0.25) is 12.5 Å². The second kappa shape index (κ2) is 9.89. The van der Waals surface area contributed by atoms with Gasteiger partial charge in [0.25, 0.3) is 0 Å². The van der Waals surface area contributed by atoms with E-state index in [1.54, 1.807) is 25.1 Å². The molecule has 4 aliphatic heterocycles. The van der Waals surface area contributed by atoms with Gasteiger partial charge in [-0.3, -0.25) is 4.79 Å². The number of methoxy groups -OCH3 is 1. The van der Waals surface area contributed by atoms with Crippen LogP contribution in [0.15, 0.2) is 24.3 Å². The Morgan fingerprint density at radius 1 is 0.927 bits per heavy atom. The first-order valence-corrected chi connectivity index (χ1v) is 13.4. The molecule has 0 radical (unpaired) electrons. The van der Waals surface area contributed by atoms with Crippen LogP contribution in [0, 0.1) is 11.8 Å². The number of rotatable bonds is 4. The van der Waals surface area contributed by atoms with Gasteiger partial charge in [-0.05, 0) is 47.9 Å². The van der Waals surface area contributed by atoms with Crippen molar-refractivity contribution in [3.8, 4) is 28.7 Å². The highest BCUT2D eigenvalue weighted by atomic mass is 16.8. The number of ether oxygens (including phenoxy) is 8. The topological polar surface area (TPSA) is 172 Å². The third-order valence-electron chi connectivity index (χ3n) is 8.54. The number of aromatic hydroxyl groups is 2. The zero-order valence-corrected chi connectivity index (χ0v) is 22.2. The van der Waals surface area contributed by atoms with Crippen molar-refractivity contribution in [2.45, 2.75) is 55.9 Å². The van der Waals surface area contributed by atoms with Crippen LogP contribution in [-0.2, 0) is 28.5 Å². The predicted octanol–water partition coefficient (Wildman–Crippen LogP) is 1.04. The zero-order valence-electron chi connectivity index (χ0n) is 22.2. The average Bonchev–Trinajstić information content (AvgIpc) is 3.58. The maximum absolute atomic E-state index is 13.3. The molecule has 10 atom stereocenters. The van der Waals surface area contributed by atoms with Crippen LogP contribution in [-0.4, -0.2) is 90.5 Å². The monoisotopic (exact) mass is 574 g/mol. The van der Waals surface area contributed by atoms with Gasteiger partial charge in [-0.25, -0.2) is 0 Å². The van der Waals surface area contributed by atoms with E-state index in [4.69, 9.17) is 37.9 Å². The Bertz CT molecular complexity index is 1360. The normalized spacial score (nSPS) is 37.1. The van der Waals surface area contributed by atoms with Gasteiger partial charge < -0.3 is 58.3 Å². The van der Waals surface area contributed by atoms with Crippen molar-refractivity contribution in [2.24, 2.45) is 11.8 Å². The lowest BCUT2D eigenvalue weighted by atomic mass is 9.66. The van der Waals surface area contributed by atoms with E-state index in [1.807, 2.05) is 0 Å². The molecule has 0 aromatic heterocycles. The molecule has 3 fully saturated rings. The smallest absolute Gasteiger partial charge is 0.310 e. The Balaban J connectivity index is 1.31. The second-order valence-electron chi connectivity index (χ2n) is 10.8. The summed E-state index contributed by atoms with van der Waals surface area (Å²) in [5.74, 6) is -2.30. The molecule has 2 aromatic carbocycles. The molecule has 0 unspecified atom stereocenters. The van der Waals surface area contributed by atoms with Gasteiger partial charge in [0.15, 0.2) is 35.6 Å². The summed E-state index contributed by atoms with van der Waals surface area (Å²) in [6.07, 6.45) is -6.91. The highest BCUT2D eigenvalue weighted by molar-refractivity contribution is 5.79. The van der Waals surface area contributed by atoms with Crippen molar-refractivity contribution in [3.05, 3.63) is 41.0 Å². The van der Waals surface area contributed by atoms with E-state index in [1.165, 1.54) is 13.2 Å². The molecule has 3 saturated heterocycles. The van der Waals surface area contributed by atoms with Crippen molar-refractivity contribution >= 4 is 5.97 Å². The van der Waals surface area contributed by atoms with Gasteiger partial charge in [0.1, 0.15) is 24.4 Å². The Morgan fingerprint density at radius 3 is 2.44 bits per heavy atom. The molecule has 2 aromatic rings. The van der Waals surface area contributed by atoms with Crippen LogP contribution in [0.25, 0.3) is 0 Å². The van der Waals surface area contributed by atoms with E-state index < -0.39 is 78.3 Å². The first-order chi connectivity index (χ1) is 19.7. The largest absolute Gasteiger partial charge is 0.504 e. The third kappa shape index (κ3) is 4.18. The Labute approximate surface area is 234 Å². The quantitative estimate of drug-likeness (QED) is 0.302. The molecule has 4 N–H and O–H groups in total. The lowest BCUT2D eigenvalue weighted by Crippen LogP contribution is -2.63. The van der Waals surface area contributed by atoms with E-state index in [0.29, 0.717) is 28.2 Å². The summed E-state index contributed by atoms with van der Waals surface area (Å²) >= 11 is 0. The first-order valence-electron chi connectivity index (χ1n) is 13.4. The van der Waals surface area contributed by atoms with Crippen molar-refractivity contribution in [3.63, 3.8) is 0 Å². The van der Waals surface area contributed by atoms with Gasteiger partial charge in [-0.1, -0.05) is 0 Å².